The van der Waals surface area contributed by atoms with Crippen LogP contribution in [0.5, 0.6) is 0 Å². The van der Waals surface area contributed by atoms with Gasteiger partial charge in [-0.05, 0) is 44.0 Å². The number of alkyl halides is 1. The molecule has 1 atom stereocenters. The summed E-state index contributed by atoms with van der Waals surface area (Å²) in [7, 11) is 0. The predicted molar refractivity (Wildman–Crippen MR) is 82.6 cm³/mol. The third-order valence-electron chi connectivity index (χ3n) is 3.44. The SMILES string of the molecule is Cc1ccc(C)c(-n2c(C(C)Cl)nc3cnccc32)c1. The second kappa shape index (κ2) is 4.91. The average molecular weight is 286 g/mol. The number of aryl methyl sites for hydroxylation is 2. The maximum absolute atomic E-state index is 6.32. The van der Waals surface area contributed by atoms with E-state index in [1.165, 1.54) is 11.1 Å². The van der Waals surface area contributed by atoms with Crippen LogP contribution in [0.25, 0.3) is 16.7 Å². The molecule has 0 fully saturated rings. The molecule has 0 saturated carbocycles. The number of imidazole rings is 1. The second-order valence-electron chi connectivity index (χ2n) is 5.08. The van der Waals surface area contributed by atoms with Gasteiger partial charge in [0.15, 0.2) is 0 Å². The Kier molecular flexibility index (Phi) is 3.22. The molecule has 0 spiro atoms. The Morgan fingerprint density at radius 2 is 2.00 bits per heavy atom. The van der Waals surface area contributed by atoms with Crippen LogP contribution in [0, 0.1) is 13.8 Å². The van der Waals surface area contributed by atoms with Gasteiger partial charge in [0, 0.05) is 6.20 Å². The van der Waals surface area contributed by atoms with Gasteiger partial charge >= 0.3 is 0 Å². The number of nitrogens with zero attached hydrogens (tertiary/aromatic N) is 3. The van der Waals surface area contributed by atoms with E-state index in [1.54, 1.807) is 12.4 Å². The Hall–Kier alpha value is -1.87. The number of fused-ring (bicyclic) bond motifs is 1. The lowest BCUT2D eigenvalue weighted by Gasteiger charge is -2.14. The fourth-order valence-corrected chi connectivity index (χ4v) is 2.58. The quantitative estimate of drug-likeness (QED) is 0.656. The second-order valence-corrected chi connectivity index (χ2v) is 5.73. The fourth-order valence-electron chi connectivity index (χ4n) is 2.43. The molecular weight excluding hydrogens is 270 g/mol. The summed E-state index contributed by atoms with van der Waals surface area (Å²) in [6.45, 7) is 6.13. The van der Waals surface area contributed by atoms with Gasteiger partial charge in [0.1, 0.15) is 11.3 Å². The van der Waals surface area contributed by atoms with Crippen LogP contribution in [0.4, 0.5) is 0 Å². The van der Waals surface area contributed by atoms with Gasteiger partial charge in [0.2, 0.25) is 0 Å². The summed E-state index contributed by atoms with van der Waals surface area (Å²) >= 11 is 6.32. The minimum atomic E-state index is -0.165. The molecule has 0 amide bonds. The van der Waals surface area contributed by atoms with E-state index in [4.69, 9.17) is 11.6 Å². The predicted octanol–water partition coefficient (Wildman–Crippen LogP) is 4.34. The molecule has 20 heavy (non-hydrogen) atoms. The van der Waals surface area contributed by atoms with Crippen molar-refractivity contribution in [2.75, 3.05) is 0 Å². The van der Waals surface area contributed by atoms with E-state index in [-0.39, 0.29) is 5.38 Å². The van der Waals surface area contributed by atoms with Gasteiger partial charge < -0.3 is 0 Å². The molecule has 3 aromatic rings. The first-order valence-corrected chi connectivity index (χ1v) is 7.05. The van der Waals surface area contributed by atoms with Gasteiger partial charge in [-0.3, -0.25) is 9.55 Å². The van der Waals surface area contributed by atoms with Crippen molar-refractivity contribution < 1.29 is 0 Å². The molecule has 1 aromatic carbocycles. The van der Waals surface area contributed by atoms with E-state index in [2.05, 4.69) is 46.6 Å². The highest BCUT2D eigenvalue weighted by Gasteiger charge is 2.17. The van der Waals surface area contributed by atoms with Crippen molar-refractivity contribution in [3.05, 3.63) is 53.6 Å². The van der Waals surface area contributed by atoms with Gasteiger partial charge in [-0.25, -0.2) is 4.98 Å². The van der Waals surface area contributed by atoms with E-state index in [1.807, 2.05) is 13.0 Å². The Morgan fingerprint density at radius 3 is 2.75 bits per heavy atom. The first-order chi connectivity index (χ1) is 9.58. The molecule has 1 unspecified atom stereocenters. The summed E-state index contributed by atoms with van der Waals surface area (Å²) in [5, 5.41) is -0.165. The highest BCUT2D eigenvalue weighted by atomic mass is 35.5. The third kappa shape index (κ3) is 2.08. The zero-order chi connectivity index (χ0) is 14.3. The lowest BCUT2D eigenvalue weighted by molar-refractivity contribution is 0.877. The van der Waals surface area contributed by atoms with Crippen molar-refractivity contribution in [2.24, 2.45) is 0 Å². The molecule has 2 aromatic heterocycles. The molecule has 0 saturated heterocycles. The number of rotatable bonds is 2. The van der Waals surface area contributed by atoms with Crippen LogP contribution >= 0.6 is 11.6 Å². The molecule has 0 aliphatic rings. The van der Waals surface area contributed by atoms with E-state index in [9.17, 15) is 0 Å². The molecule has 0 aliphatic heterocycles. The number of hydrogen-bond donors (Lipinski definition) is 0. The summed E-state index contributed by atoms with van der Waals surface area (Å²) in [6, 6.07) is 8.39. The summed E-state index contributed by atoms with van der Waals surface area (Å²) in [6.07, 6.45) is 3.56. The molecule has 102 valence electrons. The van der Waals surface area contributed by atoms with Gasteiger partial charge in [-0.1, -0.05) is 12.1 Å². The van der Waals surface area contributed by atoms with E-state index in [0.717, 1.165) is 22.5 Å². The summed E-state index contributed by atoms with van der Waals surface area (Å²) < 4.78 is 2.14. The largest absolute Gasteiger partial charge is 0.295 e. The molecule has 4 heteroatoms. The highest BCUT2D eigenvalue weighted by Crippen LogP contribution is 2.29. The van der Waals surface area contributed by atoms with Crippen molar-refractivity contribution in [1.29, 1.82) is 0 Å². The van der Waals surface area contributed by atoms with Gasteiger partial charge in [-0.15, -0.1) is 11.6 Å². The molecule has 0 N–H and O–H groups in total. The smallest absolute Gasteiger partial charge is 0.132 e. The number of pyridine rings is 1. The highest BCUT2D eigenvalue weighted by molar-refractivity contribution is 6.20. The normalized spacial score (nSPS) is 12.8. The van der Waals surface area contributed by atoms with Crippen LogP contribution < -0.4 is 0 Å². The van der Waals surface area contributed by atoms with Crippen molar-refractivity contribution in [2.45, 2.75) is 26.1 Å². The Morgan fingerprint density at radius 1 is 1.20 bits per heavy atom. The lowest BCUT2D eigenvalue weighted by Crippen LogP contribution is -2.04. The van der Waals surface area contributed by atoms with Gasteiger partial charge in [0.25, 0.3) is 0 Å². The topological polar surface area (TPSA) is 30.7 Å². The number of halogens is 1. The fraction of sp³-hybridized carbons (Fsp3) is 0.250. The molecule has 2 heterocycles. The molecule has 0 aliphatic carbocycles. The van der Waals surface area contributed by atoms with E-state index >= 15 is 0 Å². The van der Waals surface area contributed by atoms with E-state index in [0.29, 0.717) is 0 Å². The van der Waals surface area contributed by atoms with Crippen molar-refractivity contribution >= 4 is 22.6 Å². The first-order valence-electron chi connectivity index (χ1n) is 6.62. The Balaban J connectivity index is 2.39. The van der Waals surface area contributed by atoms with E-state index < -0.39 is 0 Å². The molecule has 0 bridgehead atoms. The molecule has 3 nitrogen and oxygen atoms in total. The standard InChI is InChI=1S/C16H16ClN3/c1-10-4-5-11(2)15(8-10)20-14-6-7-18-9-13(14)19-16(20)12(3)17/h4-9,12H,1-3H3. The van der Waals surface area contributed by atoms with Crippen LogP contribution in [0.1, 0.15) is 29.3 Å². The first kappa shape index (κ1) is 13.1. The van der Waals surface area contributed by atoms with Crippen molar-refractivity contribution in [3.63, 3.8) is 0 Å². The van der Waals surface area contributed by atoms with Crippen LogP contribution in [0.3, 0.4) is 0 Å². The van der Waals surface area contributed by atoms with Crippen molar-refractivity contribution in [1.82, 2.24) is 14.5 Å². The van der Waals surface area contributed by atoms with Gasteiger partial charge in [0.05, 0.1) is 22.8 Å². The molecule has 0 radical (unpaired) electrons. The number of benzene rings is 1. The minimum Gasteiger partial charge on any atom is -0.295 e. The minimum absolute atomic E-state index is 0.165. The molecular formula is C16H16ClN3. The Labute approximate surface area is 123 Å². The summed E-state index contributed by atoms with van der Waals surface area (Å²) in [4.78, 5) is 8.77. The van der Waals surface area contributed by atoms with Crippen molar-refractivity contribution in [3.8, 4) is 5.69 Å². The summed E-state index contributed by atoms with van der Waals surface area (Å²) in [5.74, 6) is 0.850. The zero-order valence-corrected chi connectivity index (χ0v) is 12.5. The monoisotopic (exact) mass is 285 g/mol. The zero-order valence-electron chi connectivity index (χ0n) is 11.8. The maximum atomic E-state index is 6.32. The molecule has 3 rings (SSSR count). The van der Waals surface area contributed by atoms with Crippen LogP contribution in [0.2, 0.25) is 0 Å². The van der Waals surface area contributed by atoms with Gasteiger partial charge in [-0.2, -0.15) is 0 Å². The maximum Gasteiger partial charge on any atom is 0.132 e. The average Bonchev–Trinajstić information content (AvgIpc) is 2.81. The summed E-state index contributed by atoms with van der Waals surface area (Å²) in [5.41, 5.74) is 5.45. The lowest BCUT2D eigenvalue weighted by atomic mass is 10.1. The third-order valence-corrected chi connectivity index (χ3v) is 3.64. The number of hydrogen-bond acceptors (Lipinski definition) is 2. The van der Waals surface area contributed by atoms with Crippen LogP contribution in [0.15, 0.2) is 36.7 Å². The van der Waals surface area contributed by atoms with Crippen LogP contribution in [-0.2, 0) is 0 Å². The van der Waals surface area contributed by atoms with Crippen LogP contribution in [-0.4, -0.2) is 14.5 Å². The Bertz CT molecular complexity index is 774. The number of aromatic nitrogens is 3.